The lowest BCUT2D eigenvalue weighted by Gasteiger charge is -2.40. The molecular weight excluding hydrogens is 945 g/mol. The van der Waals surface area contributed by atoms with Gasteiger partial charge in [0.05, 0.1) is 6.61 Å². The monoisotopic (exact) mass is 1060 g/mol. The molecule has 0 aromatic rings. The van der Waals surface area contributed by atoms with Gasteiger partial charge in [-0.25, -0.2) is 0 Å². The number of aliphatic hydroxyl groups excluding tert-OH is 3. The zero-order valence-electron chi connectivity index (χ0n) is 46.8. The van der Waals surface area contributed by atoms with Crippen molar-refractivity contribution in [3.05, 3.63) is 24.3 Å². The molecule has 13 heteroatoms. The van der Waals surface area contributed by atoms with Crippen LogP contribution >= 0.6 is 0 Å². The van der Waals surface area contributed by atoms with E-state index in [9.17, 15) is 37.9 Å². The van der Waals surface area contributed by atoms with Gasteiger partial charge in [0.15, 0.2) is 12.4 Å². The zero-order chi connectivity index (χ0) is 53.3. The number of hydrogen-bond acceptors (Lipinski definition) is 11. The standard InChI is InChI=1S/C60H112O12S/c1-3-5-7-9-11-13-15-17-19-21-23-25-27-29-31-33-35-37-39-41-43-45-47-49-56(62)71-53(51-70-60-59(65)58(64)57(63)54(72-60)52-73(66,67)68)50-69-55(61)48-46-44-42-40-38-36-34-32-30-28-26-24-22-20-18-16-14-12-10-8-6-4-2/h15,17,21,23,53-54,57-60,63-65H,3-14,16,18-20,22,24-52H2,1-2H3,(H,66,67,68)/b17-15-,23-21-. The highest BCUT2D eigenvalue weighted by Gasteiger charge is 2.46. The van der Waals surface area contributed by atoms with Crippen LogP contribution in [0.25, 0.3) is 0 Å². The third-order valence-corrected chi connectivity index (χ3v) is 15.0. The number of allylic oxidation sites excluding steroid dienone is 4. The summed E-state index contributed by atoms with van der Waals surface area (Å²) in [6, 6.07) is 0. The molecule has 0 amide bonds. The Kier molecular flexibility index (Phi) is 47.1. The van der Waals surface area contributed by atoms with Crippen LogP contribution in [0.15, 0.2) is 24.3 Å². The summed E-state index contributed by atoms with van der Waals surface area (Å²) in [7, 11) is -4.61. The van der Waals surface area contributed by atoms with Gasteiger partial charge in [-0.05, 0) is 44.9 Å². The minimum Gasteiger partial charge on any atom is -0.462 e. The number of aliphatic hydroxyl groups is 3. The molecule has 1 saturated heterocycles. The van der Waals surface area contributed by atoms with Gasteiger partial charge in [-0.15, -0.1) is 0 Å². The molecule has 430 valence electrons. The highest BCUT2D eigenvalue weighted by Crippen LogP contribution is 2.24. The molecule has 0 aliphatic carbocycles. The van der Waals surface area contributed by atoms with E-state index in [0.29, 0.717) is 12.8 Å². The van der Waals surface area contributed by atoms with Crippen molar-refractivity contribution in [1.29, 1.82) is 0 Å². The van der Waals surface area contributed by atoms with E-state index in [2.05, 4.69) is 38.2 Å². The van der Waals surface area contributed by atoms with Gasteiger partial charge in [0.2, 0.25) is 0 Å². The normalized spacial score (nSPS) is 18.8. The molecular formula is C60H112O12S. The van der Waals surface area contributed by atoms with Crippen LogP contribution in [0, 0.1) is 0 Å². The number of rotatable bonds is 53. The van der Waals surface area contributed by atoms with Crippen LogP contribution in [-0.2, 0) is 38.7 Å². The lowest BCUT2D eigenvalue weighted by Crippen LogP contribution is -2.60. The van der Waals surface area contributed by atoms with E-state index in [0.717, 1.165) is 44.9 Å². The average Bonchev–Trinajstić information content (AvgIpc) is 3.36. The Hall–Kier alpha value is -1.87. The topological polar surface area (TPSA) is 186 Å². The molecule has 1 heterocycles. The molecule has 0 aromatic carbocycles. The van der Waals surface area contributed by atoms with Gasteiger partial charge in [0.1, 0.15) is 36.8 Å². The van der Waals surface area contributed by atoms with Crippen molar-refractivity contribution >= 4 is 22.1 Å². The summed E-state index contributed by atoms with van der Waals surface area (Å²) in [4.78, 5) is 25.7. The van der Waals surface area contributed by atoms with Crippen molar-refractivity contribution in [3.8, 4) is 0 Å². The first-order valence-corrected chi connectivity index (χ1v) is 32.0. The Labute approximate surface area is 447 Å². The highest BCUT2D eigenvalue weighted by atomic mass is 32.2. The summed E-state index contributed by atoms with van der Waals surface area (Å²) >= 11 is 0. The molecule has 1 aliphatic rings. The zero-order valence-corrected chi connectivity index (χ0v) is 47.6. The van der Waals surface area contributed by atoms with E-state index in [4.69, 9.17) is 18.9 Å². The molecule has 1 rings (SSSR count). The maximum atomic E-state index is 12.9. The summed E-state index contributed by atoms with van der Waals surface area (Å²) < 4.78 is 54.5. The second-order valence-electron chi connectivity index (χ2n) is 21.4. The first-order valence-electron chi connectivity index (χ1n) is 30.4. The molecule has 0 radical (unpaired) electrons. The van der Waals surface area contributed by atoms with Crippen LogP contribution in [-0.4, -0.2) is 96.0 Å². The van der Waals surface area contributed by atoms with Crippen LogP contribution in [0.1, 0.15) is 290 Å². The van der Waals surface area contributed by atoms with Gasteiger partial charge in [0.25, 0.3) is 10.1 Å². The molecule has 12 nitrogen and oxygen atoms in total. The second kappa shape index (κ2) is 49.7. The lowest BCUT2D eigenvalue weighted by atomic mass is 10.00. The molecule has 4 N–H and O–H groups in total. The summed E-state index contributed by atoms with van der Waals surface area (Å²) in [5.41, 5.74) is 0. The summed E-state index contributed by atoms with van der Waals surface area (Å²) in [6.45, 7) is 3.82. The number of esters is 2. The van der Waals surface area contributed by atoms with E-state index < -0.39 is 71.2 Å². The van der Waals surface area contributed by atoms with Gasteiger partial charge in [-0.2, -0.15) is 8.42 Å². The molecule has 6 unspecified atom stereocenters. The van der Waals surface area contributed by atoms with E-state index in [-0.39, 0.29) is 19.4 Å². The number of unbranched alkanes of at least 4 members (excludes halogenated alkanes) is 37. The fourth-order valence-electron chi connectivity index (χ4n) is 9.59. The Bertz CT molecular complexity index is 1420. The van der Waals surface area contributed by atoms with Crippen molar-refractivity contribution in [3.63, 3.8) is 0 Å². The SMILES string of the molecule is CCCCCCC/C=C\C/C=C\CCCCCCCCCCCCCC(=O)OC(COC(=O)CCCCCCCCCCCCCCCCCCCCCCCC)COC1OC(CS(=O)(=O)O)C(O)C(O)C1O. The fourth-order valence-corrected chi connectivity index (χ4v) is 10.3. The van der Waals surface area contributed by atoms with E-state index in [1.165, 1.54) is 205 Å². The number of carbonyl (C=O) groups excluding carboxylic acids is 2. The molecule has 0 aromatic heterocycles. The molecule has 73 heavy (non-hydrogen) atoms. The van der Waals surface area contributed by atoms with Gasteiger partial charge < -0.3 is 34.3 Å². The number of hydrogen-bond donors (Lipinski definition) is 4. The summed E-state index contributed by atoms with van der Waals surface area (Å²) in [6.07, 6.45) is 50.8. The molecule has 0 bridgehead atoms. The van der Waals surface area contributed by atoms with Crippen LogP contribution in [0.5, 0.6) is 0 Å². The average molecular weight is 1060 g/mol. The molecule has 1 fully saturated rings. The minimum atomic E-state index is -4.61. The minimum absolute atomic E-state index is 0.166. The summed E-state index contributed by atoms with van der Waals surface area (Å²) in [5, 5.41) is 31.1. The van der Waals surface area contributed by atoms with Crippen molar-refractivity contribution in [2.45, 2.75) is 327 Å². The van der Waals surface area contributed by atoms with Gasteiger partial charge in [-0.1, -0.05) is 256 Å². The molecule has 6 atom stereocenters. The van der Waals surface area contributed by atoms with Crippen LogP contribution in [0.3, 0.4) is 0 Å². The third-order valence-electron chi connectivity index (χ3n) is 14.3. The van der Waals surface area contributed by atoms with E-state index >= 15 is 0 Å². The lowest BCUT2D eigenvalue weighted by molar-refractivity contribution is -0.297. The Morgan fingerprint density at radius 3 is 1.21 bits per heavy atom. The third kappa shape index (κ3) is 43.9. The number of ether oxygens (including phenoxy) is 4. The van der Waals surface area contributed by atoms with E-state index in [1.54, 1.807) is 0 Å². The van der Waals surface area contributed by atoms with Crippen molar-refractivity contribution < 1.29 is 56.8 Å². The first kappa shape index (κ1) is 69.1. The van der Waals surface area contributed by atoms with Crippen LogP contribution in [0.2, 0.25) is 0 Å². The fraction of sp³-hybridized carbons (Fsp3) is 0.900. The predicted molar refractivity (Wildman–Crippen MR) is 298 cm³/mol. The Balaban J connectivity index is 2.28. The highest BCUT2D eigenvalue weighted by molar-refractivity contribution is 7.85. The molecule has 0 saturated carbocycles. The largest absolute Gasteiger partial charge is 0.462 e. The maximum absolute atomic E-state index is 12.9. The first-order chi connectivity index (χ1) is 35.5. The maximum Gasteiger partial charge on any atom is 0.306 e. The molecule has 1 aliphatic heterocycles. The van der Waals surface area contributed by atoms with Gasteiger partial charge >= 0.3 is 11.9 Å². The second-order valence-corrected chi connectivity index (χ2v) is 22.9. The summed E-state index contributed by atoms with van der Waals surface area (Å²) in [5.74, 6) is -1.96. The van der Waals surface area contributed by atoms with Gasteiger partial charge in [-0.3, -0.25) is 14.1 Å². The Morgan fingerprint density at radius 1 is 0.466 bits per heavy atom. The Morgan fingerprint density at radius 2 is 0.822 bits per heavy atom. The van der Waals surface area contributed by atoms with Crippen molar-refractivity contribution in [2.75, 3.05) is 19.0 Å². The smallest absolute Gasteiger partial charge is 0.306 e. The van der Waals surface area contributed by atoms with Gasteiger partial charge in [0, 0.05) is 12.8 Å². The predicted octanol–water partition coefficient (Wildman–Crippen LogP) is 15.1. The van der Waals surface area contributed by atoms with E-state index in [1.807, 2.05) is 0 Å². The van der Waals surface area contributed by atoms with Crippen LogP contribution < -0.4 is 0 Å². The van der Waals surface area contributed by atoms with Crippen molar-refractivity contribution in [1.82, 2.24) is 0 Å². The van der Waals surface area contributed by atoms with Crippen LogP contribution in [0.4, 0.5) is 0 Å². The van der Waals surface area contributed by atoms with Crippen molar-refractivity contribution in [2.24, 2.45) is 0 Å². The number of carbonyl (C=O) groups is 2. The molecule has 0 spiro atoms. The quantitative estimate of drug-likeness (QED) is 0.0196.